The Labute approximate surface area is 177 Å². The molecule has 30 heavy (non-hydrogen) atoms. The minimum Gasteiger partial charge on any atom is -0.497 e. The zero-order chi connectivity index (χ0) is 22.7. The van der Waals surface area contributed by atoms with Crippen molar-refractivity contribution in [2.45, 2.75) is 33.2 Å². The van der Waals surface area contributed by atoms with Crippen LogP contribution in [0.15, 0.2) is 18.2 Å². The van der Waals surface area contributed by atoms with E-state index >= 15 is 0 Å². The fraction of sp³-hybridized carbons (Fsp3) is 0.571. The molecule has 9 heteroatoms. The molecule has 2 rings (SSSR count). The maximum Gasteiger partial charge on any atom is 0.414 e. The van der Waals surface area contributed by atoms with E-state index in [9.17, 15) is 4.79 Å². The largest absolute Gasteiger partial charge is 0.497 e. The second kappa shape index (κ2) is 12.7. The first-order chi connectivity index (χ1) is 14.3. The summed E-state index contributed by atoms with van der Waals surface area (Å²) in [7, 11) is 3.35. The van der Waals surface area contributed by atoms with E-state index < -0.39 is 11.9 Å². The summed E-state index contributed by atoms with van der Waals surface area (Å²) in [6.07, 6.45) is 1.88. The molecule has 0 atom stereocenters. The van der Waals surface area contributed by atoms with E-state index in [4.69, 9.17) is 29.3 Å². The lowest BCUT2D eigenvalue weighted by Gasteiger charge is -2.34. The first kappa shape index (κ1) is 25.2. The average Bonchev–Trinajstić information content (AvgIpc) is 2.75. The molecule has 1 amide bonds. The van der Waals surface area contributed by atoms with E-state index in [1.165, 1.54) is 0 Å². The van der Waals surface area contributed by atoms with Gasteiger partial charge in [-0.3, -0.25) is 9.69 Å². The highest BCUT2D eigenvalue weighted by Crippen LogP contribution is 2.27. The van der Waals surface area contributed by atoms with Gasteiger partial charge in [0.15, 0.2) is 0 Å². The van der Waals surface area contributed by atoms with E-state index in [1.807, 2.05) is 30.9 Å². The molecular weight excluding hydrogens is 392 g/mol. The van der Waals surface area contributed by atoms with Crippen LogP contribution in [0.5, 0.6) is 11.5 Å². The molecule has 1 aromatic rings. The van der Waals surface area contributed by atoms with Gasteiger partial charge in [-0.15, -0.1) is 0 Å². The topological polar surface area (TPSA) is 117 Å². The van der Waals surface area contributed by atoms with Crippen molar-refractivity contribution in [3.05, 3.63) is 23.8 Å². The van der Waals surface area contributed by atoms with Gasteiger partial charge in [0, 0.05) is 37.2 Å². The number of amides is 1. The molecule has 168 valence electrons. The molecule has 9 nitrogen and oxygen atoms in total. The van der Waals surface area contributed by atoms with Crippen LogP contribution in [0.25, 0.3) is 0 Å². The quantitative estimate of drug-likeness (QED) is 0.638. The van der Waals surface area contributed by atoms with Crippen LogP contribution in [0, 0.1) is 5.92 Å². The third kappa shape index (κ3) is 7.55. The second-order valence-corrected chi connectivity index (χ2v) is 6.85. The van der Waals surface area contributed by atoms with Crippen molar-refractivity contribution >= 4 is 17.8 Å². The van der Waals surface area contributed by atoms with E-state index in [2.05, 4.69) is 11.0 Å². The van der Waals surface area contributed by atoms with E-state index in [1.54, 1.807) is 14.2 Å². The van der Waals surface area contributed by atoms with E-state index in [0.29, 0.717) is 5.91 Å². The first-order valence-electron chi connectivity index (χ1n) is 9.95. The van der Waals surface area contributed by atoms with E-state index in [0.717, 1.165) is 62.6 Å². The van der Waals surface area contributed by atoms with Crippen molar-refractivity contribution in [3.8, 4) is 11.5 Å². The number of benzene rings is 1. The lowest BCUT2D eigenvalue weighted by molar-refractivity contribution is -0.159. The number of carboxylic acid groups (broad SMARTS) is 2. The van der Waals surface area contributed by atoms with E-state index in [-0.39, 0.29) is 5.92 Å². The monoisotopic (exact) mass is 424 g/mol. The standard InChI is InChI=1S/C19H30N2O3.C2H2O4/c1-5-21(6-2)19(22)15-9-11-20(12-10-15)14-16-7-8-17(23-3)13-18(16)24-4;3-1(4)2(5)6/h7-8,13,15H,5-6,9-12,14H2,1-4H3;(H,3,4)(H,5,6). The van der Waals surface area contributed by atoms with Crippen molar-refractivity contribution in [3.63, 3.8) is 0 Å². The van der Waals surface area contributed by atoms with Crippen LogP contribution in [0.1, 0.15) is 32.3 Å². The molecule has 0 spiro atoms. The summed E-state index contributed by atoms with van der Waals surface area (Å²) in [6.45, 7) is 8.45. The van der Waals surface area contributed by atoms with Gasteiger partial charge in [-0.2, -0.15) is 0 Å². The third-order valence-corrected chi connectivity index (χ3v) is 5.08. The molecule has 2 N–H and O–H groups in total. The summed E-state index contributed by atoms with van der Waals surface area (Å²) < 4.78 is 10.7. The molecule has 0 aliphatic carbocycles. The van der Waals surface area contributed by atoms with Gasteiger partial charge >= 0.3 is 11.9 Å². The minimum absolute atomic E-state index is 0.180. The lowest BCUT2D eigenvalue weighted by atomic mass is 9.95. The highest BCUT2D eigenvalue weighted by molar-refractivity contribution is 6.27. The van der Waals surface area contributed by atoms with Crippen LogP contribution in [0.4, 0.5) is 0 Å². The van der Waals surface area contributed by atoms with Crippen molar-refractivity contribution in [2.24, 2.45) is 5.92 Å². The first-order valence-corrected chi connectivity index (χ1v) is 9.95. The number of carboxylic acids is 2. The Balaban J connectivity index is 0.000000656. The van der Waals surface area contributed by atoms with Gasteiger partial charge in [0.25, 0.3) is 0 Å². The Morgan fingerprint density at radius 2 is 1.60 bits per heavy atom. The van der Waals surface area contributed by atoms with Crippen LogP contribution in [-0.4, -0.2) is 78.3 Å². The van der Waals surface area contributed by atoms with Crippen molar-refractivity contribution in [2.75, 3.05) is 40.4 Å². The van der Waals surface area contributed by atoms with Crippen LogP contribution < -0.4 is 9.47 Å². The number of likely N-dealkylation sites (tertiary alicyclic amines) is 1. The van der Waals surface area contributed by atoms with Gasteiger partial charge < -0.3 is 24.6 Å². The predicted octanol–water partition coefficient (Wildman–Crippen LogP) is 1.94. The molecule has 1 fully saturated rings. The Kier molecular flexibility index (Phi) is 10.7. The number of ether oxygens (including phenoxy) is 2. The van der Waals surface area contributed by atoms with Gasteiger partial charge in [0.1, 0.15) is 11.5 Å². The molecule has 1 aliphatic rings. The number of rotatable bonds is 7. The summed E-state index contributed by atoms with van der Waals surface area (Å²) in [4.78, 5) is 35.0. The Bertz CT molecular complexity index is 699. The summed E-state index contributed by atoms with van der Waals surface area (Å²) in [5.74, 6) is -1.49. The van der Waals surface area contributed by atoms with Crippen LogP contribution in [0.2, 0.25) is 0 Å². The number of hydrogen-bond donors (Lipinski definition) is 2. The number of carbonyl (C=O) groups excluding carboxylic acids is 1. The van der Waals surface area contributed by atoms with Gasteiger partial charge in [-0.1, -0.05) is 6.07 Å². The fourth-order valence-corrected chi connectivity index (χ4v) is 3.35. The summed E-state index contributed by atoms with van der Waals surface area (Å²) in [5, 5.41) is 14.8. The molecule has 1 aliphatic heterocycles. The van der Waals surface area contributed by atoms with Crippen LogP contribution in [-0.2, 0) is 20.9 Å². The van der Waals surface area contributed by atoms with Gasteiger partial charge in [0.05, 0.1) is 14.2 Å². The number of methoxy groups -OCH3 is 2. The summed E-state index contributed by atoms with van der Waals surface area (Å²) in [5.41, 5.74) is 1.16. The molecule has 1 heterocycles. The number of hydrogen-bond acceptors (Lipinski definition) is 6. The fourth-order valence-electron chi connectivity index (χ4n) is 3.35. The highest BCUT2D eigenvalue weighted by Gasteiger charge is 2.27. The zero-order valence-electron chi connectivity index (χ0n) is 18.1. The van der Waals surface area contributed by atoms with Crippen LogP contribution >= 0.6 is 0 Å². The maximum absolute atomic E-state index is 12.5. The SMILES string of the molecule is CCN(CC)C(=O)C1CCN(Cc2ccc(OC)cc2OC)CC1.O=C(O)C(=O)O. The number of carbonyl (C=O) groups is 3. The smallest absolute Gasteiger partial charge is 0.414 e. The van der Waals surface area contributed by atoms with Crippen molar-refractivity contribution < 1.29 is 34.1 Å². The average molecular weight is 424 g/mol. The highest BCUT2D eigenvalue weighted by atomic mass is 16.5. The minimum atomic E-state index is -1.82. The molecule has 1 saturated heterocycles. The third-order valence-electron chi connectivity index (χ3n) is 5.08. The molecule has 0 bridgehead atoms. The molecule has 0 unspecified atom stereocenters. The Hall–Kier alpha value is -2.81. The normalized spacial score (nSPS) is 14.3. The molecule has 1 aromatic carbocycles. The van der Waals surface area contributed by atoms with Crippen LogP contribution in [0.3, 0.4) is 0 Å². The summed E-state index contributed by atoms with van der Waals surface area (Å²) >= 11 is 0. The maximum atomic E-state index is 12.5. The van der Waals surface area contributed by atoms with Gasteiger partial charge in [-0.25, -0.2) is 9.59 Å². The zero-order valence-corrected chi connectivity index (χ0v) is 18.1. The van der Waals surface area contributed by atoms with Crippen molar-refractivity contribution in [1.29, 1.82) is 0 Å². The Morgan fingerprint density at radius 1 is 1.03 bits per heavy atom. The van der Waals surface area contributed by atoms with Gasteiger partial charge in [-0.05, 0) is 45.8 Å². The second-order valence-electron chi connectivity index (χ2n) is 6.85. The number of piperidine rings is 1. The Morgan fingerprint density at radius 3 is 2.03 bits per heavy atom. The molecule has 0 aromatic heterocycles. The predicted molar refractivity (Wildman–Crippen MR) is 111 cm³/mol. The summed E-state index contributed by atoms with van der Waals surface area (Å²) in [6, 6.07) is 5.95. The lowest BCUT2D eigenvalue weighted by Crippen LogP contribution is -2.42. The van der Waals surface area contributed by atoms with Gasteiger partial charge in [0.2, 0.25) is 5.91 Å². The van der Waals surface area contributed by atoms with Crippen molar-refractivity contribution in [1.82, 2.24) is 9.80 Å². The molecule has 0 saturated carbocycles. The number of nitrogens with zero attached hydrogens (tertiary/aromatic N) is 2. The number of aliphatic carboxylic acids is 2. The molecular formula is C21H32N2O7. The molecule has 0 radical (unpaired) electrons.